The van der Waals surface area contributed by atoms with Crippen LogP contribution in [-0.4, -0.2) is 86.9 Å². The topological polar surface area (TPSA) is 114 Å². The predicted molar refractivity (Wildman–Crippen MR) is 146 cm³/mol. The lowest BCUT2D eigenvalue weighted by molar-refractivity contribution is -0.111. The van der Waals surface area contributed by atoms with Gasteiger partial charge in [-0.1, -0.05) is 24.3 Å². The van der Waals surface area contributed by atoms with E-state index in [0.717, 1.165) is 48.1 Å². The van der Waals surface area contributed by atoms with Crippen molar-refractivity contribution in [2.24, 2.45) is 17.8 Å². The maximum absolute atomic E-state index is 13.3. The van der Waals surface area contributed by atoms with Crippen molar-refractivity contribution < 1.29 is 14.7 Å². The number of β-amino-alcohol motifs (C(OH)–C–C–N with tert-alkyl or cyclic N) is 1. The van der Waals surface area contributed by atoms with E-state index in [1.165, 1.54) is 0 Å². The van der Waals surface area contributed by atoms with Gasteiger partial charge in [-0.2, -0.15) is 0 Å². The van der Waals surface area contributed by atoms with E-state index < -0.39 is 0 Å². The molecule has 2 aromatic heterocycles. The number of nitrogens with zero attached hydrogens (tertiary/aromatic N) is 4. The van der Waals surface area contributed by atoms with Crippen LogP contribution in [0.1, 0.15) is 29.3 Å². The molecule has 2 aliphatic carbocycles. The molecule has 1 saturated carbocycles. The third-order valence-corrected chi connectivity index (χ3v) is 8.26. The van der Waals surface area contributed by atoms with Gasteiger partial charge in [0.2, 0.25) is 0 Å². The Kier molecular flexibility index (Phi) is 6.49. The zero-order valence-electron chi connectivity index (χ0n) is 21.8. The highest BCUT2D eigenvalue weighted by atomic mass is 16.3. The Labute approximate surface area is 222 Å². The van der Waals surface area contributed by atoms with E-state index >= 15 is 0 Å². The van der Waals surface area contributed by atoms with E-state index in [-0.39, 0.29) is 24.0 Å². The fourth-order valence-electron chi connectivity index (χ4n) is 6.28. The molecule has 9 heteroatoms. The van der Waals surface area contributed by atoms with Gasteiger partial charge in [0.25, 0.3) is 5.91 Å². The maximum atomic E-state index is 13.3. The molecule has 2 fully saturated rings. The Morgan fingerprint density at radius 3 is 2.79 bits per heavy atom. The van der Waals surface area contributed by atoms with Gasteiger partial charge in [0, 0.05) is 62.0 Å². The average Bonchev–Trinajstić information content (AvgIpc) is 3.65. The van der Waals surface area contributed by atoms with Gasteiger partial charge in [0.15, 0.2) is 5.65 Å². The summed E-state index contributed by atoms with van der Waals surface area (Å²) >= 11 is 0. The van der Waals surface area contributed by atoms with Crippen molar-refractivity contribution in [3.05, 3.63) is 53.7 Å². The van der Waals surface area contributed by atoms with Crippen molar-refractivity contribution in [3.63, 3.8) is 0 Å². The van der Waals surface area contributed by atoms with E-state index in [2.05, 4.69) is 32.3 Å². The Bertz CT molecular complexity index is 1390. The predicted octanol–water partition coefficient (Wildman–Crippen LogP) is 2.87. The fraction of sp³-hybridized carbons (Fsp3) is 0.448. The summed E-state index contributed by atoms with van der Waals surface area (Å²) in [4.78, 5) is 41.9. The van der Waals surface area contributed by atoms with Gasteiger partial charge in [-0.15, -0.1) is 0 Å². The molecule has 0 radical (unpaired) electrons. The number of aryl methyl sites for hydroxylation is 1. The van der Waals surface area contributed by atoms with Crippen LogP contribution in [0.15, 0.2) is 42.6 Å². The van der Waals surface area contributed by atoms with Gasteiger partial charge in [-0.3, -0.25) is 9.69 Å². The van der Waals surface area contributed by atoms with Crippen LogP contribution in [0.4, 0.5) is 5.69 Å². The number of hydrogen-bond donors (Lipinski definition) is 3. The molecule has 198 valence electrons. The van der Waals surface area contributed by atoms with Crippen molar-refractivity contribution in [1.82, 2.24) is 24.8 Å². The summed E-state index contributed by atoms with van der Waals surface area (Å²) in [5.74, 6) is 1.27. The number of rotatable bonds is 7. The number of aldehydes is 1. The van der Waals surface area contributed by atoms with Gasteiger partial charge >= 0.3 is 0 Å². The Morgan fingerprint density at radius 1 is 1.24 bits per heavy atom. The van der Waals surface area contributed by atoms with Crippen LogP contribution < -0.4 is 5.32 Å². The molecule has 2 bridgehead atoms. The molecule has 5 atom stereocenters. The maximum Gasteiger partial charge on any atom is 0.253 e. The van der Waals surface area contributed by atoms with Gasteiger partial charge in [0.1, 0.15) is 17.6 Å². The van der Waals surface area contributed by atoms with Crippen molar-refractivity contribution in [2.75, 3.05) is 38.0 Å². The van der Waals surface area contributed by atoms with Gasteiger partial charge < -0.3 is 25.1 Å². The first-order chi connectivity index (χ1) is 18.4. The number of aromatic amines is 1. The number of aromatic nitrogens is 3. The summed E-state index contributed by atoms with van der Waals surface area (Å²) in [6, 6.07) is 7.60. The molecular formula is C29H34N6O3. The minimum absolute atomic E-state index is 0.000212. The first-order valence-corrected chi connectivity index (χ1v) is 13.5. The second-order valence-electron chi connectivity index (χ2n) is 11.0. The summed E-state index contributed by atoms with van der Waals surface area (Å²) in [6.07, 6.45) is 7.94. The summed E-state index contributed by atoms with van der Waals surface area (Å²) in [5, 5.41) is 13.3. The van der Waals surface area contributed by atoms with E-state index in [4.69, 9.17) is 4.98 Å². The third-order valence-electron chi connectivity index (χ3n) is 8.26. The third kappa shape index (κ3) is 4.50. The number of allylic oxidation sites excluding steroid dienone is 1. The molecule has 9 nitrogen and oxygen atoms in total. The van der Waals surface area contributed by atoms with Crippen molar-refractivity contribution in [3.8, 4) is 11.4 Å². The molecule has 38 heavy (non-hydrogen) atoms. The first-order valence-electron chi connectivity index (χ1n) is 13.5. The molecular weight excluding hydrogens is 480 g/mol. The zero-order valence-corrected chi connectivity index (χ0v) is 21.8. The molecule has 3 heterocycles. The van der Waals surface area contributed by atoms with E-state index in [9.17, 15) is 14.7 Å². The van der Waals surface area contributed by atoms with Gasteiger partial charge in [0.05, 0.1) is 11.8 Å². The largest absolute Gasteiger partial charge is 0.392 e. The number of piperazine rings is 1. The second kappa shape index (κ2) is 9.96. The molecule has 1 aliphatic heterocycles. The molecule has 1 amide bonds. The minimum atomic E-state index is -0.372. The standard InChI is InChI=1S/C29H34N6O3/c1-17-14-30-28-26(24(17)31-25-20-7-6-19(12-20)23(25)16-36)32-27(33-28)21-4-3-5-22(13-21)29(38)35-10-8-34(9-11-35)15-18(2)37/h3-7,13-14,16,18-20,23,25,37H,8-12,15H2,1-2H3,(H2,30,31,32,33). The van der Waals surface area contributed by atoms with Crippen LogP contribution in [0.2, 0.25) is 0 Å². The Morgan fingerprint density at radius 2 is 2.03 bits per heavy atom. The highest BCUT2D eigenvalue weighted by molar-refractivity contribution is 5.96. The molecule has 5 unspecified atom stereocenters. The second-order valence-corrected chi connectivity index (χ2v) is 11.0. The molecule has 3 aromatic rings. The molecule has 3 aliphatic rings. The van der Waals surface area contributed by atoms with Gasteiger partial charge in [-0.25, -0.2) is 9.97 Å². The highest BCUT2D eigenvalue weighted by Crippen LogP contribution is 2.44. The van der Waals surface area contributed by atoms with Crippen LogP contribution in [0.5, 0.6) is 0 Å². The number of fused-ring (bicyclic) bond motifs is 3. The molecule has 1 saturated heterocycles. The summed E-state index contributed by atoms with van der Waals surface area (Å²) in [7, 11) is 0. The lowest BCUT2D eigenvalue weighted by atomic mass is 9.90. The first kappa shape index (κ1) is 24.8. The van der Waals surface area contributed by atoms with E-state index in [1.807, 2.05) is 42.3 Å². The molecule has 6 rings (SSSR count). The number of anilines is 1. The lowest BCUT2D eigenvalue weighted by Crippen LogP contribution is -2.50. The van der Waals surface area contributed by atoms with Crippen LogP contribution >= 0.6 is 0 Å². The summed E-state index contributed by atoms with van der Waals surface area (Å²) < 4.78 is 0. The summed E-state index contributed by atoms with van der Waals surface area (Å²) in [5.41, 5.74) is 4.76. The number of carbonyl (C=O) groups is 2. The number of aliphatic hydroxyl groups excluding tert-OH is 1. The number of H-pyrrole nitrogens is 1. The van der Waals surface area contributed by atoms with Crippen LogP contribution in [-0.2, 0) is 4.79 Å². The quantitative estimate of drug-likeness (QED) is 0.328. The van der Waals surface area contributed by atoms with Crippen LogP contribution in [0.25, 0.3) is 22.6 Å². The number of amides is 1. The number of aliphatic hydroxyl groups is 1. The van der Waals surface area contributed by atoms with Gasteiger partial charge in [-0.05, 0) is 49.8 Å². The zero-order chi connectivity index (χ0) is 26.4. The molecule has 0 spiro atoms. The molecule has 3 N–H and O–H groups in total. The number of carbonyl (C=O) groups excluding carboxylic acids is 2. The molecule has 1 aromatic carbocycles. The van der Waals surface area contributed by atoms with E-state index in [1.54, 1.807) is 6.92 Å². The fourth-order valence-corrected chi connectivity index (χ4v) is 6.28. The smallest absolute Gasteiger partial charge is 0.253 e. The Hall–Kier alpha value is -3.56. The average molecular weight is 515 g/mol. The number of imidazole rings is 1. The normalized spacial score (nSPS) is 25.7. The number of benzene rings is 1. The van der Waals surface area contributed by atoms with Crippen molar-refractivity contribution >= 4 is 29.0 Å². The number of pyridine rings is 1. The highest BCUT2D eigenvalue weighted by Gasteiger charge is 2.44. The monoisotopic (exact) mass is 514 g/mol. The number of hydrogen-bond acceptors (Lipinski definition) is 7. The SMILES string of the molecule is Cc1cnc2nc(-c3cccc(C(=O)N4CCN(CC(C)O)CC4)c3)[nH]c2c1NC1C2C=CC(C2)C1C=O. The Balaban J connectivity index is 1.24. The van der Waals surface area contributed by atoms with Crippen LogP contribution in [0, 0.1) is 24.7 Å². The lowest BCUT2D eigenvalue weighted by Gasteiger charge is -2.35. The summed E-state index contributed by atoms with van der Waals surface area (Å²) in [6.45, 7) is 7.21. The van der Waals surface area contributed by atoms with E-state index in [0.29, 0.717) is 48.5 Å². The van der Waals surface area contributed by atoms with Crippen LogP contribution in [0.3, 0.4) is 0 Å². The van der Waals surface area contributed by atoms with Crippen molar-refractivity contribution in [1.29, 1.82) is 0 Å². The van der Waals surface area contributed by atoms with Crippen molar-refractivity contribution in [2.45, 2.75) is 32.4 Å². The minimum Gasteiger partial charge on any atom is -0.392 e. The number of nitrogens with one attached hydrogen (secondary N) is 2.